The number of piperazine rings is 1. The summed E-state index contributed by atoms with van der Waals surface area (Å²) in [6.07, 6.45) is 0.992. The molecule has 1 aromatic rings. The fourth-order valence-corrected chi connectivity index (χ4v) is 2.87. The van der Waals surface area contributed by atoms with Gasteiger partial charge in [0.25, 0.3) is 0 Å². The van der Waals surface area contributed by atoms with Crippen molar-refractivity contribution in [1.82, 2.24) is 4.90 Å². The standard InChI is InChI=1S/C16H27N3/c1-4-16(17)14-6-8-15(9-7-14)19-11-10-18(5-2)13(3)12-19/h6-9,13,16H,4-5,10-12,17H2,1-3H3/t13?,16-/m1/s1. The van der Waals surface area contributed by atoms with E-state index in [1.807, 2.05) is 0 Å². The molecule has 106 valence electrons. The predicted molar refractivity (Wildman–Crippen MR) is 82.6 cm³/mol. The molecule has 2 rings (SSSR count). The Balaban J connectivity index is 2.03. The monoisotopic (exact) mass is 261 g/mol. The molecule has 0 bridgehead atoms. The van der Waals surface area contributed by atoms with Crippen molar-refractivity contribution in [2.75, 3.05) is 31.1 Å². The van der Waals surface area contributed by atoms with Gasteiger partial charge in [0.1, 0.15) is 0 Å². The Hall–Kier alpha value is -1.06. The van der Waals surface area contributed by atoms with Gasteiger partial charge in [-0.3, -0.25) is 4.90 Å². The van der Waals surface area contributed by atoms with E-state index in [0.717, 1.165) is 32.6 Å². The molecule has 0 aliphatic carbocycles. The largest absolute Gasteiger partial charge is 0.369 e. The number of anilines is 1. The summed E-state index contributed by atoms with van der Waals surface area (Å²) in [6, 6.07) is 9.61. The van der Waals surface area contributed by atoms with Crippen molar-refractivity contribution >= 4 is 5.69 Å². The first-order chi connectivity index (χ1) is 9.15. The summed E-state index contributed by atoms with van der Waals surface area (Å²) in [7, 11) is 0. The van der Waals surface area contributed by atoms with Crippen LogP contribution in [0.15, 0.2) is 24.3 Å². The van der Waals surface area contributed by atoms with Gasteiger partial charge in [-0.15, -0.1) is 0 Å². The molecule has 1 aliphatic rings. The summed E-state index contributed by atoms with van der Waals surface area (Å²) in [6.45, 7) is 11.2. The molecule has 2 N–H and O–H groups in total. The molecule has 1 fully saturated rings. The average molecular weight is 261 g/mol. The molecular formula is C16H27N3. The molecule has 3 nitrogen and oxygen atoms in total. The van der Waals surface area contributed by atoms with E-state index in [9.17, 15) is 0 Å². The number of rotatable bonds is 4. The molecular weight excluding hydrogens is 234 g/mol. The fraction of sp³-hybridized carbons (Fsp3) is 0.625. The summed E-state index contributed by atoms with van der Waals surface area (Å²) >= 11 is 0. The molecule has 19 heavy (non-hydrogen) atoms. The highest BCUT2D eigenvalue weighted by atomic mass is 15.3. The maximum atomic E-state index is 6.06. The molecule has 3 heteroatoms. The number of benzene rings is 1. The molecule has 0 aromatic heterocycles. The Morgan fingerprint density at radius 1 is 1.21 bits per heavy atom. The lowest BCUT2D eigenvalue weighted by atomic mass is 10.0. The summed E-state index contributed by atoms with van der Waals surface area (Å²) in [4.78, 5) is 5.02. The first-order valence-electron chi connectivity index (χ1n) is 7.50. The zero-order valence-corrected chi connectivity index (χ0v) is 12.5. The van der Waals surface area contributed by atoms with Crippen LogP contribution in [0.1, 0.15) is 38.8 Å². The number of hydrogen-bond acceptors (Lipinski definition) is 3. The Morgan fingerprint density at radius 3 is 2.42 bits per heavy atom. The first-order valence-corrected chi connectivity index (χ1v) is 7.50. The number of likely N-dealkylation sites (N-methyl/N-ethyl adjacent to an activating group) is 1. The van der Waals surface area contributed by atoms with Gasteiger partial charge in [-0.2, -0.15) is 0 Å². The second-order valence-electron chi connectivity index (χ2n) is 5.53. The van der Waals surface area contributed by atoms with E-state index in [1.54, 1.807) is 0 Å². The van der Waals surface area contributed by atoms with Crippen LogP contribution in [0.4, 0.5) is 5.69 Å². The fourth-order valence-electron chi connectivity index (χ4n) is 2.87. The second kappa shape index (κ2) is 6.40. The van der Waals surface area contributed by atoms with Crippen LogP contribution in [-0.2, 0) is 0 Å². The van der Waals surface area contributed by atoms with Crippen LogP contribution in [0.2, 0.25) is 0 Å². The van der Waals surface area contributed by atoms with E-state index in [2.05, 4.69) is 54.8 Å². The Morgan fingerprint density at radius 2 is 1.89 bits per heavy atom. The van der Waals surface area contributed by atoms with Gasteiger partial charge in [-0.25, -0.2) is 0 Å². The van der Waals surface area contributed by atoms with Crippen LogP contribution in [0.5, 0.6) is 0 Å². The van der Waals surface area contributed by atoms with Crippen LogP contribution < -0.4 is 10.6 Å². The third-order valence-corrected chi connectivity index (χ3v) is 4.30. The van der Waals surface area contributed by atoms with Crippen molar-refractivity contribution < 1.29 is 0 Å². The van der Waals surface area contributed by atoms with Crippen LogP contribution in [0.25, 0.3) is 0 Å². The maximum Gasteiger partial charge on any atom is 0.0367 e. The maximum absolute atomic E-state index is 6.06. The molecule has 0 amide bonds. The van der Waals surface area contributed by atoms with Gasteiger partial charge >= 0.3 is 0 Å². The molecule has 2 atom stereocenters. The highest BCUT2D eigenvalue weighted by Crippen LogP contribution is 2.22. The lowest BCUT2D eigenvalue weighted by molar-refractivity contribution is 0.199. The van der Waals surface area contributed by atoms with Crippen molar-refractivity contribution in [3.05, 3.63) is 29.8 Å². The first kappa shape index (κ1) is 14.4. The molecule has 0 saturated carbocycles. The Kier molecular flexibility index (Phi) is 4.83. The second-order valence-corrected chi connectivity index (χ2v) is 5.53. The number of hydrogen-bond donors (Lipinski definition) is 1. The van der Waals surface area contributed by atoms with Crippen molar-refractivity contribution in [1.29, 1.82) is 0 Å². The van der Waals surface area contributed by atoms with E-state index >= 15 is 0 Å². The molecule has 1 aliphatic heterocycles. The van der Waals surface area contributed by atoms with Crippen molar-refractivity contribution in [2.24, 2.45) is 5.73 Å². The topological polar surface area (TPSA) is 32.5 Å². The van der Waals surface area contributed by atoms with Crippen LogP contribution in [0, 0.1) is 0 Å². The zero-order chi connectivity index (χ0) is 13.8. The van der Waals surface area contributed by atoms with Gasteiger partial charge in [0.15, 0.2) is 0 Å². The van der Waals surface area contributed by atoms with Crippen LogP contribution in [-0.4, -0.2) is 37.1 Å². The third-order valence-electron chi connectivity index (χ3n) is 4.30. The zero-order valence-electron chi connectivity index (χ0n) is 12.5. The van der Waals surface area contributed by atoms with E-state index in [4.69, 9.17) is 5.73 Å². The summed E-state index contributed by atoms with van der Waals surface area (Å²) in [5, 5.41) is 0. The van der Waals surface area contributed by atoms with Gasteiger partial charge in [0.05, 0.1) is 0 Å². The smallest absolute Gasteiger partial charge is 0.0367 e. The minimum Gasteiger partial charge on any atom is -0.369 e. The average Bonchev–Trinajstić information content (AvgIpc) is 2.46. The lowest BCUT2D eigenvalue weighted by Gasteiger charge is -2.40. The summed E-state index contributed by atoms with van der Waals surface area (Å²) in [5.41, 5.74) is 8.63. The highest BCUT2D eigenvalue weighted by Gasteiger charge is 2.22. The van der Waals surface area contributed by atoms with E-state index in [-0.39, 0.29) is 6.04 Å². The van der Waals surface area contributed by atoms with Gasteiger partial charge in [-0.05, 0) is 37.6 Å². The third kappa shape index (κ3) is 3.28. The SMILES string of the molecule is CC[C@@H](N)c1ccc(N2CCN(CC)C(C)C2)cc1. The quantitative estimate of drug-likeness (QED) is 0.904. The van der Waals surface area contributed by atoms with E-state index in [0.29, 0.717) is 6.04 Å². The van der Waals surface area contributed by atoms with Gasteiger partial charge < -0.3 is 10.6 Å². The molecule has 1 heterocycles. The molecule has 1 saturated heterocycles. The normalized spacial score (nSPS) is 22.5. The minimum absolute atomic E-state index is 0.171. The van der Waals surface area contributed by atoms with E-state index in [1.165, 1.54) is 11.3 Å². The molecule has 0 radical (unpaired) electrons. The van der Waals surface area contributed by atoms with E-state index < -0.39 is 0 Å². The highest BCUT2D eigenvalue weighted by molar-refractivity contribution is 5.48. The lowest BCUT2D eigenvalue weighted by Crippen LogP contribution is -2.51. The van der Waals surface area contributed by atoms with Gasteiger partial charge in [0.2, 0.25) is 0 Å². The van der Waals surface area contributed by atoms with Crippen molar-refractivity contribution in [3.8, 4) is 0 Å². The Labute approximate surface area is 117 Å². The number of nitrogens with zero attached hydrogens (tertiary/aromatic N) is 2. The summed E-state index contributed by atoms with van der Waals surface area (Å²) < 4.78 is 0. The number of nitrogens with two attached hydrogens (primary N) is 1. The Bertz CT molecular complexity index is 387. The predicted octanol–water partition coefficient (Wildman–Crippen LogP) is 2.63. The van der Waals surface area contributed by atoms with Crippen LogP contribution >= 0.6 is 0 Å². The molecule has 1 unspecified atom stereocenters. The van der Waals surface area contributed by atoms with Gasteiger partial charge in [0, 0.05) is 37.4 Å². The van der Waals surface area contributed by atoms with Crippen molar-refractivity contribution in [2.45, 2.75) is 39.3 Å². The van der Waals surface area contributed by atoms with Crippen molar-refractivity contribution in [3.63, 3.8) is 0 Å². The van der Waals surface area contributed by atoms with Gasteiger partial charge in [-0.1, -0.05) is 26.0 Å². The minimum atomic E-state index is 0.171. The molecule has 1 aromatic carbocycles. The van der Waals surface area contributed by atoms with Crippen LogP contribution in [0.3, 0.4) is 0 Å². The molecule has 0 spiro atoms. The summed E-state index contributed by atoms with van der Waals surface area (Å²) in [5.74, 6) is 0.